The molecule has 2 heterocycles. The number of aromatic nitrogens is 1. The van der Waals surface area contributed by atoms with Gasteiger partial charge in [-0.2, -0.15) is 0 Å². The summed E-state index contributed by atoms with van der Waals surface area (Å²) in [6.07, 6.45) is 0.984. The molecule has 4 N–H and O–H groups in total. The highest BCUT2D eigenvalue weighted by Gasteiger charge is 2.35. The van der Waals surface area contributed by atoms with Crippen molar-refractivity contribution in [2.75, 3.05) is 25.0 Å². The van der Waals surface area contributed by atoms with Crippen molar-refractivity contribution in [3.05, 3.63) is 23.4 Å². The highest BCUT2D eigenvalue weighted by Crippen LogP contribution is 2.14. The van der Waals surface area contributed by atoms with Crippen molar-refractivity contribution in [3.63, 3.8) is 0 Å². The summed E-state index contributed by atoms with van der Waals surface area (Å²) in [5, 5.41) is 10.8. The van der Waals surface area contributed by atoms with Crippen molar-refractivity contribution in [1.29, 1.82) is 0 Å². The Balaban J connectivity index is 2.05. The van der Waals surface area contributed by atoms with Crippen molar-refractivity contribution in [1.82, 2.24) is 25.8 Å². The van der Waals surface area contributed by atoms with Gasteiger partial charge in [0, 0.05) is 25.8 Å². The molecule has 11 nitrogen and oxygen atoms in total. The number of hydrogen-bond donors (Lipinski definition) is 4. The second-order valence-corrected chi connectivity index (χ2v) is 8.66. The topological polar surface area (TPSA) is 142 Å². The lowest BCUT2D eigenvalue weighted by Gasteiger charge is -2.39. The summed E-state index contributed by atoms with van der Waals surface area (Å²) < 4.78 is 5.29. The van der Waals surface area contributed by atoms with Gasteiger partial charge >= 0.3 is 23.9 Å². The average Bonchev–Trinajstić information content (AvgIpc) is 2.69. The zero-order valence-electron chi connectivity index (χ0n) is 18.5. The number of nitrogens with zero attached hydrogens (tertiary/aromatic N) is 2. The molecule has 0 radical (unpaired) electrons. The lowest BCUT2D eigenvalue weighted by molar-refractivity contribution is -0.136. The number of anilines is 1. The van der Waals surface area contributed by atoms with Gasteiger partial charge in [0.1, 0.15) is 11.4 Å². The number of rotatable bonds is 4. The highest BCUT2D eigenvalue weighted by atomic mass is 35.5. The molecule has 1 aliphatic heterocycles. The largest absolute Gasteiger partial charge is 0.444 e. The maximum absolute atomic E-state index is 12.4. The number of likely N-dealkylation sites (tertiary alicyclic amines) is 1. The molecule has 0 unspecified atom stereocenters. The van der Waals surface area contributed by atoms with E-state index in [2.05, 4.69) is 26.3 Å². The lowest BCUT2D eigenvalue weighted by Crippen LogP contribution is -2.63. The normalized spacial score (nSPS) is 18.3. The van der Waals surface area contributed by atoms with Crippen LogP contribution < -0.4 is 21.3 Å². The number of urea groups is 1. The molecule has 5 amide bonds. The Hall–Kier alpha value is -3.08. The van der Waals surface area contributed by atoms with E-state index < -0.39 is 35.6 Å². The number of pyridine rings is 1. The van der Waals surface area contributed by atoms with Gasteiger partial charge in [0.15, 0.2) is 0 Å². The summed E-state index contributed by atoms with van der Waals surface area (Å²) in [6, 6.07) is 1.46. The van der Waals surface area contributed by atoms with Crippen molar-refractivity contribution in [2.24, 2.45) is 0 Å². The van der Waals surface area contributed by atoms with E-state index in [1.807, 2.05) is 0 Å². The van der Waals surface area contributed by atoms with Gasteiger partial charge in [-0.3, -0.25) is 9.59 Å². The van der Waals surface area contributed by atoms with Gasteiger partial charge < -0.3 is 30.9 Å². The number of alkyl carbamates (subject to hydrolysis) is 1. The van der Waals surface area contributed by atoms with Crippen LogP contribution in [0.1, 0.15) is 34.1 Å². The fourth-order valence-corrected chi connectivity index (χ4v) is 3.15. The molecule has 0 bridgehead atoms. The predicted molar refractivity (Wildman–Crippen MR) is 118 cm³/mol. The third-order valence-electron chi connectivity index (χ3n) is 4.42. The number of nitrogens with one attached hydrogen (secondary N) is 4. The monoisotopic (exact) mass is 468 g/mol. The molecule has 2 rings (SSSR count). The average molecular weight is 469 g/mol. The van der Waals surface area contributed by atoms with Gasteiger partial charge in [-0.15, -0.1) is 0 Å². The summed E-state index contributed by atoms with van der Waals surface area (Å²) in [7, 11) is 0. The molecule has 32 heavy (non-hydrogen) atoms. The molecule has 0 spiro atoms. The zero-order valence-corrected chi connectivity index (χ0v) is 19.3. The smallest absolute Gasteiger partial charge is 0.408 e. The minimum absolute atomic E-state index is 0.135. The second-order valence-electron chi connectivity index (χ2n) is 8.22. The van der Waals surface area contributed by atoms with Crippen molar-refractivity contribution < 1.29 is 23.9 Å². The number of halogens is 1. The van der Waals surface area contributed by atoms with E-state index in [0.29, 0.717) is 24.5 Å². The Kier molecular flexibility index (Phi) is 8.64. The first-order chi connectivity index (χ1) is 15.0. The Morgan fingerprint density at radius 1 is 1.16 bits per heavy atom. The van der Waals surface area contributed by atoms with E-state index >= 15 is 0 Å². The maximum atomic E-state index is 12.4. The quantitative estimate of drug-likeness (QED) is 0.493. The van der Waals surface area contributed by atoms with Crippen LogP contribution in [-0.2, 0) is 14.3 Å². The van der Waals surface area contributed by atoms with E-state index in [1.54, 1.807) is 27.7 Å². The van der Waals surface area contributed by atoms with Gasteiger partial charge in [0.25, 0.3) is 0 Å². The van der Waals surface area contributed by atoms with Crippen LogP contribution >= 0.6 is 11.6 Å². The number of carbonyl (C=O) groups excluding carboxylic acids is 4. The van der Waals surface area contributed by atoms with Crippen molar-refractivity contribution in [2.45, 2.75) is 51.8 Å². The third-order valence-corrected chi connectivity index (χ3v) is 4.65. The SMILES string of the molecule is CCNC(=O)N1CC[C@H](NC(=O)C(=O)Nc2ccc(Cl)cn2)[C@H](NC(=O)OC(C)(C)C)C1. The van der Waals surface area contributed by atoms with Crippen LogP contribution in [0.25, 0.3) is 0 Å². The molecule has 12 heteroatoms. The molecular weight excluding hydrogens is 440 g/mol. The Morgan fingerprint density at radius 3 is 2.47 bits per heavy atom. The molecule has 1 aromatic heterocycles. The van der Waals surface area contributed by atoms with Crippen LogP contribution in [0.2, 0.25) is 5.02 Å². The standard InChI is InChI=1S/C20H29ClN6O5/c1-5-22-18(30)27-9-8-13(14(11-27)25-19(31)32-20(2,3)4)24-16(28)17(29)26-15-7-6-12(21)10-23-15/h6-7,10,13-14H,5,8-9,11H2,1-4H3,(H,22,30)(H,24,28)(H,25,31)(H,23,26,29)/t13-,14+/m0/s1. The first-order valence-electron chi connectivity index (χ1n) is 10.2. The molecular formula is C20H29ClN6O5. The van der Waals surface area contributed by atoms with E-state index in [-0.39, 0.29) is 18.4 Å². The van der Waals surface area contributed by atoms with Crippen LogP contribution in [0.5, 0.6) is 0 Å². The fourth-order valence-electron chi connectivity index (χ4n) is 3.03. The summed E-state index contributed by atoms with van der Waals surface area (Å²) in [5.74, 6) is -1.64. The molecule has 1 aliphatic rings. The highest BCUT2D eigenvalue weighted by molar-refractivity contribution is 6.39. The van der Waals surface area contributed by atoms with Crippen molar-refractivity contribution >= 4 is 41.4 Å². The molecule has 1 aromatic rings. The number of piperidine rings is 1. The van der Waals surface area contributed by atoms with Gasteiger partial charge in [-0.05, 0) is 46.2 Å². The summed E-state index contributed by atoms with van der Waals surface area (Å²) >= 11 is 5.76. The Bertz CT molecular complexity index is 842. The van der Waals surface area contributed by atoms with E-state index in [4.69, 9.17) is 16.3 Å². The second kappa shape index (κ2) is 11.0. The van der Waals surface area contributed by atoms with Gasteiger partial charge in [-0.1, -0.05) is 11.6 Å². The van der Waals surface area contributed by atoms with Crippen LogP contribution in [-0.4, -0.2) is 71.1 Å². The number of ether oxygens (including phenoxy) is 1. The zero-order chi connectivity index (χ0) is 23.9. The number of carbonyl (C=O) groups is 4. The number of hydrogen-bond acceptors (Lipinski definition) is 6. The first kappa shape index (κ1) is 25.2. The van der Waals surface area contributed by atoms with E-state index in [0.717, 1.165) is 0 Å². The van der Waals surface area contributed by atoms with E-state index in [9.17, 15) is 19.2 Å². The van der Waals surface area contributed by atoms with Crippen LogP contribution in [0.3, 0.4) is 0 Å². The van der Waals surface area contributed by atoms with Gasteiger partial charge in [0.2, 0.25) is 0 Å². The Morgan fingerprint density at radius 2 is 1.88 bits per heavy atom. The molecule has 1 saturated heterocycles. The minimum atomic E-state index is -0.915. The molecule has 176 valence electrons. The van der Waals surface area contributed by atoms with Crippen LogP contribution in [0.4, 0.5) is 15.4 Å². The number of amides is 5. The summed E-state index contributed by atoms with van der Waals surface area (Å²) in [6.45, 7) is 7.91. The minimum Gasteiger partial charge on any atom is -0.444 e. The lowest BCUT2D eigenvalue weighted by atomic mass is 9.99. The fraction of sp³-hybridized carbons (Fsp3) is 0.550. The summed E-state index contributed by atoms with van der Waals surface area (Å²) in [5.41, 5.74) is -0.720. The first-order valence-corrected chi connectivity index (χ1v) is 10.6. The Labute approximate surface area is 191 Å². The predicted octanol–water partition coefficient (Wildman–Crippen LogP) is 1.49. The molecule has 0 saturated carbocycles. The summed E-state index contributed by atoms with van der Waals surface area (Å²) in [4.78, 5) is 54.7. The molecule has 1 fully saturated rings. The third kappa shape index (κ3) is 7.88. The van der Waals surface area contributed by atoms with E-state index in [1.165, 1.54) is 23.2 Å². The van der Waals surface area contributed by atoms with Gasteiger partial charge in [0.05, 0.1) is 17.1 Å². The molecule has 0 aliphatic carbocycles. The van der Waals surface area contributed by atoms with Crippen molar-refractivity contribution in [3.8, 4) is 0 Å². The maximum Gasteiger partial charge on any atom is 0.408 e. The molecule has 2 atom stereocenters. The molecule has 0 aromatic carbocycles. The van der Waals surface area contributed by atoms with Crippen LogP contribution in [0.15, 0.2) is 18.3 Å². The van der Waals surface area contributed by atoms with Crippen LogP contribution in [0, 0.1) is 0 Å². The van der Waals surface area contributed by atoms with Gasteiger partial charge in [-0.25, -0.2) is 14.6 Å².